The maximum Gasteiger partial charge on any atom is 0.0722 e. The second-order valence-electron chi connectivity index (χ2n) is 16.2. The van der Waals surface area contributed by atoms with Crippen LogP contribution in [0.25, 0.3) is 60.9 Å². The smallest absolute Gasteiger partial charge is 0.0722 e. The monoisotopic (exact) mass is 763 g/mol. The van der Waals surface area contributed by atoms with Crippen LogP contribution in [0.5, 0.6) is 0 Å². The van der Waals surface area contributed by atoms with E-state index >= 15 is 0 Å². The van der Waals surface area contributed by atoms with E-state index in [2.05, 4.69) is 229 Å². The summed E-state index contributed by atoms with van der Waals surface area (Å²) in [7, 11) is 0. The summed E-state index contributed by atoms with van der Waals surface area (Å²) >= 11 is 0. The van der Waals surface area contributed by atoms with Crippen LogP contribution in [0.15, 0.2) is 230 Å². The van der Waals surface area contributed by atoms with E-state index in [4.69, 9.17) is 0 Å². The average Bonchev–Trinajstić information content (AvgIpc) is 3.80. The van der Waals surface area contributed by atoms with Crippen molar-refractivity contribution in [1.82, 2.24) is 0 Å². The molecule has 1 unspecified atom stereocenters. The number of anilines is 3. The highest BCUT2D eigenvalue weighted by atomic mass is 15.1. The maximum atomic E-state index is 2.45. The lowest BCUT2D eigenvalue weighted by Gasteiger charge is -2.32. The Balaban J connectivity index is 1.06. The fourth-order valence-electron chi connectivity index (χ4n) is 10.7. The summed E-state index contributed by atoms with van der Waals surface area (Å²) < 4.78 is 0. The van der Waals surface area contributed by atoms with Crippen LogP contribution < -0.4 is 4.90 Å². The molecule has 0 amide bonds. The third kappa shape index (κ3) is 5.12. The van der Waals surface area contributed by atoms with Crippen molar-refractivity contribution in [2.24, 2.45) is 0 Å². The van der Waals surface area contributed by atoms with Crippen LogP contribution in [-0.4, -0.2) is 0 Å². The van der Waals surface area contributed by atoms with Crippen LogP contribution in [-0.2, 0) is 5.41 Å². The lowest BCUT2D eigenvalue weighted by Crippen LogP contribution is -2.27. The number of hydrogen-bond acceptors (Lipinski definition) is 1. The minimum Gasteiger partial charge on any atom is -0.310 e. The Labute approximate surface area is 351 Å². The quantitative estimate of drug-likeness (QED) is 0.163. The van der Waals surface area contributed by atoms with Gasteiger partial charge in [-0.3, -0.25) is 0 Å². The van der Waals surface area contributed by atoms with Gasteiger partial charge in [0.05, 0.1) is 11.1 Å². The highest BCUT2D eigenvalue weighted by molar-refractivity contribution is 6.03. The number of allylic oxidation sites excluding steroid dienone is 4. The molecule has 0 heterocycles. The van der Waals surface area contributed by atoms with Gasteiger partial charge in [-0.1, -0.05) is 194 Å². The van der Waals surface area contributed by atoms with Gasteiger partial charge in [-0.25, -0.2) is 0 Å². The maximum absolute atomic E-state index is 2.45. The van der Waals surface area contributed by atoms with Crippen molar-refractivity contribution in [3.8, 4) is 44.5 Å². The SMILES string of the molecule is C1=CC2=C(CC1)c1ccccc1C21c2ccccc2-c2c(-c3ccccc3N(c3ccc(-c4ccccc4)cc3)c3ccc(-c4cccc5ccccc45)cc3)cccc21. The van der Waals surface area contributed by atoms with Crippen LogP contribution in [0.1, 0.15) is 35.1 Å². The van der Waals surface area contributed by atoms with Gasteiger partial charge in [-0.15, -0.1) is 0 Å². The Morgan fingerprint density at radius 1 is 0.383 bits per heavy atom. The lowest BCUT2D eigenvalue weighted by atomic mass is 9.69. The third-order valence-electron chi connectivity index (χ3n) is 13.2. The Bertz CT molecular complexity index is 3180. The average molecular weight is 764 g/mol. The normalized spacial score (nSPS) is 15.8. The Morgan fingerprint density at radius 2 is 0.933 bits per heavy atom. The van der Waals surface area contributed by atoms with Crippen molar-refractivity contribution in [1.29, 1.82) is 0 Å². The van der Waals surface area contributed by atoms with E-state index < -0.39 is 0 Å². The van der Waals surface area contributed by atoms with Crippen molar-refractivity contribution in [3.05, 3.63) is 252 Å². The molecule has 1 spiro atoms. The zero-order chi connectivity index (χ0) is 39.6. The molecule has 0 saturated carbocycles. The Kier molecular flexibility index (Phi) is 7.96. The summed E-state index contributed by atoms with van der Waals surface area (Å²) in [6.45, 7) is 0. The van der Waals surface area contributed by atoms with Crippen molar-refractivity contribution in [3.63, 3.8) is 0 Å². The second-order valence-corrected chi connectivity index (χ2v) is 16.2. The minimum absolute atomic E-state index is 0.357. The summed E-state index contributed by atoms with van der Waals surface area (Å²) in [6.07, 6.45) is 6.98. The molecular weight excluding hydrogens is 723 g/mol. The van der Waals surface area contributed by atoms with Crippen molar-refractivity contribution >= 4 is 33.4 Å². The first-order valence-corrected chi connectivity index (χ1v) is 21.2. The van der Waals surface area contributed by atoms with Crippen LogP contribution in [0.4, 0.5) is 17.1 Å². The molecule has 1 atom stereocenters. The van der Waals surface area contributed by atoms with Gasteiger partial charge >= 0.3 is 0 Å². The predicted octanol–water partition coefficient (Wildman–Crippen LogP) is 15.7. The molecule has 0 aliphatic heterocycles. The van der Waals surface area contributed by atoms with Crippen LogP contribution in [0, 0.1) is 0 Å². The Morgan fingerprint density at radius 3 is 1.73 bits per heavy atom. The number of fused-ring (bicyclic) bond motifs is 10. The van der Waals surface area contributed by atoms with Crippen molar-refractivity contribution in [2.45, 2.75) is 18.3 Å². The lowest BCUT2D eigenvalue weighted by molar-refractivity contribution is 0.780. The minimum atomic E-state index is -0.357. The van der Waals surface area contributed by atoms with Gasteiger partial charge in [0.25, 0.3) is 0 Å². The van der Waals surface area contributed by atoms with E-state index in [1.807, 2.05) is 0 Å². The van der Waals surface area contributed by atoms with Gasteiger partial charge in [-0.2, -0.15) is 0 Å². The number of hydrogen-bond donors (Lipinski definition) is 0. The van der Waals surface area contributed by atoms with Crippen molar-refractivity contribution < 1.29 is 0 Å². The molecule has 0 aromatic heterocycles. The number of nitrogens with zero attached hydrogens (tertiary/aromatic N) is 1. The summed E-state index contributed by atoms with van der Waals surface area (Å²) in [5.74, 6) is 0. The van der Waals surface area contributed by atoms with Gasteiger partial charge in [-0.05, 0) is 126 Å². The van der Waals surface area contributed by atoms with Gasteiger partial charge in [0.2, 0.25) is 0 Å². The zero-order valence-electron chi connectivity index (χ0n) is 33.2. The molecule has 3 aliphatic carbocycles. The van der Waals surface area contributed by atoms with E-state index in [0.717, 1.165) is 29.9 Å². The zero-order valence-corrected chi connectivity index (χ0v) is 33.2. The first-order valence-electron chi connectivity index (χ1n) is 21.2. The Hall–Kier alpha value is -7.48. The summed E-state index contributed by atoms with van der Waals surface area (Å²) in [4.78, 5) is 2.45. The molecule has 1 heteroatoms. The molecular formula is C59H41N. The summed E-state index contributed by atoms with van der Waals surface area (Å²) in [6, 6.07) is 78.5. The van der Waals surface area contributed by atoms with Crippen LogP contribution in [0.3, 0.4) is 0 Å². The molecule has 60 heavy (non-hydrogen) atoms. The van der Waals surface area contributed by atoms with E-state index in [-0.39, 0.29) is 5.41 Å². The fraction of sp³-hybridized carbons (Fsp3) is 0.0508. The van der Waals surface area contributed by atoms with Gasteiger partial charge in [0, 0.05) is 16.9 Å². The largest absolute Gasteiger partial charge is 0.310 e. The highest BCUT2D eigenvalue weighted by Crippen LogP contribution is 2.64. The molecule has 1 nitrogen and oxygen atoms in total. The fourth-order valence-corrected chi connectivity index (χ4v) is 10.7. The molecule has 0 N–H and O–H groups in total. The van der Waals surface area contributed by atoms with Gasteiger partial charge in [0.15, 0.2) is 0 Å². The highest BCUT2D eigenvalue weighted by Gasteiger charge is 2.52. The first-order chi connectivity index (χ1) is 29.8. The van der Waals surface area contributed by atoms with E-state index in [0.29, 0.717) is 0 Å². The van der Waals surface area contributed by atoms with Crippen LogP contribution >= 0.6 is 0 Å². The molecule has 12 rings (SSSR count). The molecule has 282 valence electrons. The standard InChI is InChI=1S/C59H41N/c1-2-16-40(17-3-1)41-32-36-44(37-33-41)60(45-38-34-43(35-39-45)47-25-14-19-42-18-4-5-20-46(42)47)57-31-13-9-23-50(57)51-26-15-30-56-58(51)52-24-8-12-29-55(52)59(56)53-27-10-6-21-48(53)49-22-7-11-28-54(49)59/h1-6,8-21,23-39H,7,22H2. The van der Waals surface area contributed by atoms with Gasteiger partial charge < -0.3 is 4.90 Å². The number of para-hydroxylation sites is 1. The van der Waals surface area contributed by atoms with E-state index in [1.54, 1.807) is 0 Å². The first kappa shape index (κ1) is 34.6. The number of benzene rings is 9. The predicted molar refractivity (Wildman–Crippen MR) is 252 cm³/mol. The van der Waals surface area contributed by atoms with Gasteiger partial charge in [0.1, 0.15) is 0 Å². The van der Waals surface area contributed by atoms with Crippen molar-refractivity contribution in [2.75, 3.05) is 4.90 Å². The molecule has 9 aromatic carbocycles. The van der Waals surface area contributed by atoms with E-state index in [9.17, 15) is 0 Å². The van der Waals surface area contributed by atoms with Crippen LogP contribution in [0.2, 0.25) is 0 Å². The molecule has 0 radical (unpaired) electrons. The molecule has 0 saturated heterocycles. The summed E-state index contributed by atoms with van der Waals surface area (Å²) in [5.41, 5.74) is 21.4. The topological polar surface area (TPSA) is 3.24 Å². The summed E-state index contributed by atoms with van der Waals surface area (Å²) in [5, 5.41) is 2.51. The molecule has 0 bridgehead atoms. The molecule has 3 aliphatic rings. The second kappa shape index (κ2) is 13.8. The third-order valence-corrected chi connectivity index (χ3v) is 13.2. The number of rotatable bonds is 6. The molecule has 9 aromatic rings. The molecule has 0 fully saturated rings. The van der Waals surface area contributed by atoms with E-state index in [1.165, 1.54) is 88.7 Å².